The summed E-state index contributed by atoms with van der Waals surface area (Å²) < 4.78 is 5.11. The van der Waals surface area contributed by atoms with Gasteiger partial charge < -0.3 is 15.2 Å². The fourth-order valence-corrected chi connectivity index (χ4v) is 1.59. The van der Waals surface area contributed by atoms with Gasteiger partial charge in [-0.2, -0.15) is 0 Å². The number of nitrogens with one attached hydrogen (secondary N) is 1. The average Bonchev–Trinajstić information content (AvgIpc) is 2.34. The zero-order valence-electron chi connectivity index (χ0n) is 10.1. The van der Waals surface area contributed by atoms with Crippen molar-refractivity contribution in [3.63, 3.8) is 0 Å². The molecule has 0 radical (unpaired) electrons. The zero-order chi connectivity index (χ0) is 11.8. The molecule has 3 heteroatoms. The van der Waals surface area contributed by atoms with Crippen LogP contribution in [0.15, 0.2) is 24.3 Å². The predicted molar refractivity (Wildman–Crippen MR) is 65.9 cm³/mol. The molecule has 0 saturated heterocycles. The summed E-state index contributed by atoms with van der Waals surface area (Å²) in [6.45, 7) is 3.01. The molecule has 0 aromatic heterocycles. The monoisotopic (exact) mass is 223 g/mol. The molecule has 0 heterocycles. The van der Waals surface area contributed by atoms with E-state index in [0.717, 1.165) is 18.6 Å². The third kappa shape index (κ3) is 4.64. The summed E-state index contributed by atoms with van der Waals surface area (Å²) in [6, 6.07) is 8.60. The summed E-state index contributed by atoms with van der Waals surface area (Å²) >= 11 is 0. The fraction of sp³-hybridized carbons (Fsp3) is 0.538. The minimum atomic E-state index is 0.201. The van der Waals surface area contributed by atoms with E-state index in [1.54, 1.807) is 7.11 Å². The molecule has 0 spiro atoms. The third-order valence-corrected chi connectivity index (χ3v) is 2.63. The van der Waals surface area contributed by atoms with Gasteiger partial charge >= 0.3 is 0 Å². The molecule has 16 heavy (non-hydrogen) atoms. The van der Waals surface area contributed by atoms with E-state index in [1.807, 2.05) is 12.1 Å². The average molecular weight is 223 g/mol. The van der Waals surface area contributed by atoms with Gasteiger partial charge in [0.15, 0.2) is 0 Å². The molecule has 2 N–H and O–H groups in total. The first-order valence-electron chi connectivity index (χ1n) is 5.73. The van der Waals surface area contributed by atoms with Crippen LogP contribution in [0.3, 0.4) is 0 Å². The van der Waals surface area contributed by atoms with Gasteiger partial charge in [-0.1, -0.05) is 12.1 Å². The van der Waals surface area contributed by atoms with Crippen LogP contribution in [0.5, 0.6) is 5.75 Å². The summed E-state index contributed by atoms with van der Waals surface area (Å²) in [5.41, 5.74) is 1.32. The number of aliphatic hydroxyl groups excluding tert-OH is 1. The van der Waals surface area contributed by atoms with Gasteiger partial charge in [-0.25, -0.2) is 0 Å². The number of aryl methyl sites for hydroxylation is 1. The number of methoxy groups -OCH3 is 1. The largest absolute Gasteiger partial charge is 0.497 e. The Morgan fingerprint density at radius 1 is 1.31 bits per heavy atom. The third-order valence-electron chi connectivity index (χ3n) is 2.63. The van der Waals surface area contributed by atoms with Crippen LogP contribution >= 0.6 is 0 Å². The van der Waals surface area contributed by atoms with Crippen LogP contribution in [-0.4, -0.2) is 31.4 Å². The number of ether oxygens (including phenoxy) is 1. The maximum Gasteiger partial charge on any atom is 0.118 e. The van der Waals surface area contributed by atoms with E-state index in [9.17, 15) is 0 Å². The molecule has 0 aliphatic carbocycles. The number of aliphatic hydroxyl groups is 1. The lowest BCUT2D eigenvalue weighted by Crippen LogP contribution is -2.29. The normalized spacial score (nSPS) is 12.4. The maximum absolute atomic E-state index is 8.68. The molecule has 1 atom stereocenters. The number of hydrogen-bond donors (Lipinski definition) is 2. The quantitative estimate of drug-likeness (QED) is 0.737. The van der Waals surface area contributed by atoms with Gasteiger partial charge in [0.05, 0.1) is 13.7 Å². The SMILES string of the molecule is COc1ccc(CCC(C)NCCO)cc1. The van der Waals surface area contributed by atoms with Crippen LogP contribution in [0.1, 0.15) is 18.9 Å². The summed E-state index contributed by atoms with van der Waals surface area (Å²) in [6.07, 6.45) is 2.12. The molecule has 0 bridgehead atoms. The van der Waals surface area contributed by atoms with Crippen LogP contribution < -0.4 is 10.1 Å². The Morgan fingerprint density at radius 2 is 2.00 bits per heavy atom. The lowest BCUT2D eigenvalue weighted by molar-refractivity contribution is 0.284. The lowest BCUT2D eigenvalue weighted by atomic mass is 10.1. The summed E-state index contributed by atoms with van der Waals surface area (Å²) in [4.78, 5) is 0. The molecule has 0 saturated carbocycles. The van der Waals surface area contributed by atoms with Crippen molar-refractivity contribution in [3.05, 3.63) is 29.8 Å². The molecule has 1 aromatic carbocycles. The van der Waals surface area contributed by atoms with Crippen molar-refractivity contribution in [2.45, 2.75) is 25.8 Å². The molecular weight excluding hydrogens is 202 g/mol. The maximum atomic E-state index is 8.68. The minimum absolute atomic E-state index is 0.201. The first-order chi connectivity index (χ1) is 7.76. The molecule has 0 amide bonds. The van der Waals surface area contributed by atoms with Crippen molar-refractivity contribution >= 4 is 0 Å². The molecule has 90 valence electrons. The molecule has 0 aliphatic heterocycles. The smallest absolute Gasteiger partial charge is 0.118 e. The summed E-state index contributed by atoms with van der Waals surface area (Å²) in [5.74, 6) is 0.898. The molecule has 3 nitrogen and oxygen atoms in total. The number of hydrogen-bond acceptors (Lipinski definition) is 3. The van der Waals surface area contributed by atoms with E-state index in [-0.39, 0.29) is 6.61 Å². The number of rotatable bonds is 7. The van der Waals surface area contributed by atoms with Crippen molar-refractivity contribution in [1.82, 2.24) is 5.32 Å². The standard InChI is InChI=1S/C13H21NO2/c1-11(14-9-10-15)3-4-12-5-7-13(16-2)8-6-12/h5-8,11,14-15H,3-4,9-10H2,1-2H3. The molecule has 1 rings (SSSR count). The van der Waals surface area contributed by atoms with E-state index >= 15 is 0 Å². The highest BCUT2D eigenvalue weighted by molar-refractivity contribution is 5.27. The second-order valence-electron chi connectivity index (χ2n) is 3.97. The Labute approximate surface area is 97.4 Å². The van der Waals surface area contributed by atoms with E-state index in [0.29, 0.717) is 12.6 Å². The van der Waals surface area contributed by atoms with Gasteiger partial charge in [-0.3, -0.25) is 0 Å². The topological polar surface area (TPSA) is 41.5 Å². The van der Waals surface area contributed by atoms with Crippen molar-refractivity contribution in [2.24, 2.45) is 0 Å². The van der Waals surface area contributed by atoms with Crippen LogP contribution in [0.25, 0.3) is 0 Å². The number of benzene rings is 1. The molecule has 0 aliphatic rings. The van der Waals surface area contributed by atoms with Crippen molar-refractivity contribution in [1.29, 1.82) is 0 Å². The molecule has 0 fully saturated rings. The highest BCUT2D eigenvalue weighted by Crippen LogP contribution is 2.13. The van der Waals surface area contributed by atoms with Crippen LogP contribution in [-0.2, 0) is 6.42 Å². The molecule has 1 unspecified atom stereocenters. The van der Waals surface area contributed by atoms with Crippen molar-refractivity contribution in [2.75, 3.05) is 20.3 Å². The lowest BCUT2D eigenvalue weighted by Gasteiger charge is -2.12. The van der Waals surface area contributed by atoms with Crippen LogP contribution in [0, 0.1) is 0 Å². The van der Waals surface area contributed by atoms with Gasteiger partial charge in [0, 0.05) is 12.6 Å². The van der Waals surface area contributed by atoms with Gasteiger partial charge in [0.2, 0.25) is 0 Å². The van der Waals surface area contributed by atoms with E-state index in [1.165, 1.54) is 5.56 Å². The fourth-order valence-electron chi connectivity index (χ4n) is 1.59. The Kier molecular flexibility index (Phi) is 5.90. The summed E-state index contributed by atoms with van der Waals surface area (Å²) in [7, 11) is 1.68. The second-order valence-corrected chi connectivity index (χ2v) is 3.97. The Balaban J connectivity index is 2.30. The van der Waals surface area contributed by atoms with E-state index in [4.69, 9.17) is 9.84 Å². The van der Waals surface area contributed by atoms with Crippen LogP contribution in [0.2, 0.25) is 0 Å². The van der Waals surface area contributed by atoms with Gasteiger partial charge in [-0.05, 0) is 37.5 Å². The highest BCUT2D eigenvalue weighted by Gasteiger charge is 2.01. The second kappa shape index (κ2) is 7.25. The Morgan fingerprint density at radius 3 is 2.56 bits per heavy atom. The van der Waals surface area contributed by atoms with Crippen molar-refractivity contribution < 1.29 is 9.84 Å². The van der Waals surface area contributed by atoms with Gasteiger partial charge in [-0.15, -0.1) is 0 Å². The van der Waals surface area contributed by atoms with E-state index in [2.05, 4.69) is 24.4 Å². The van der Waals surface area contributed by atoms with E-state index < -0.39 is 0 Å². The first-order valence-corrected chi connectivity index (χ1v) is 5.73. The Bertz CT molecular complexity index is 284. The first kappa shape index (κ1) is 13.0. The Hall–Kier alpha value is -1.06. The minimum Gasteiger partial charge on any atom is -0.497 e. The molecule has 1 aromatic rings. The highest BCUT2D eigenvalue weighted by atomic mass is 16.5. The summed E-state index contributed by atoms with van der Waals surface area (Å²) in [5, 5.41) is 11.9. The predicted octanol–water partition coefficient (Wildman–Crippen LogP) is 1.60. The van der Waals surface area contributed by atoms with Gasteiger partial charge in [0.1, 0.15) is 5.75 Å². The van der Waals surface area contributed by atoms with Crippen molar-refractivity contribution in [3.8, 4) is 5.75 Å². The molecular formula is C13H21NO2. The van der Waals surface area contributed by atoms with Gasteiger partial charge in [0.25, 0.3) is 0 Å². The van der Waals surface area contributed by atoms with Crippen LogP contribution in [0.4, 0.5) is 0 Å². The zero-order valence-corrected chi connectivity index (χ0v) is 10.1.